The van der Waals surface area contributed by atoms with Crippen LogP contribution in [-0.2, 0) is 19.0 Å². The summed E-state index contributed by atoms with van der Waals surface area (Å²) in [6.07, 6.45) is -9.00. The van der Waals surface area contributed by atoms with Crippen LogP contribution in [0.5, 0.6) is 11.5 Å². The number of para-hydroxylation sites is 1. The number of carbonyl (C=O) groups excluding carboxylic acids is 2. The third-order valence-corrected chi connectivity index (χ3v) is 7.70. The molecule has 4 aromatic carbocycles. The largest absolute Gasteiger partial charge is 0.492 e. The lowest BCUT2D eigenvalue weighted by Gasteiger charge is -2.27. The third-order valence-electron chi connectivity index (χ3n) is 7.70. The van der Waals surface area contributed by atoms with Gasteiger partial charge < -0.3 is 14.4 Å². The second kappa shape index (κ2) is 12.9. The van der Waals surface area contributed by atoms with Crippen LogP contribution in [0.1, 0.15) is 67.9 Å². The Morgan fingerprint density at radius 3 is 2.15 bits per heavy atom. The molecule has 5 nitrogen and oxygen atoms in total. The van der Waals surface area contributed by atoms with E-state index >= 15 is 0 Å². The molecule has 0 spiro atoms. The van der Waals surface area contributed by atoms with Crippen LogP contribution in [0.2, 0.25) is 0 Å². The Kier molecular flexibility index (Phi) is 9.15. The van der Waals surface area contributed by atoms with E-state index in [-0.39, 0.29) is 36.4 Å². The number of Topliss-reactive ketones (excluding diaryl/α,β-unsaturated/α-hetero) is 1. The molecule has 0 saturated heterocycles. The van der Waals surface area contributed by atoms with Gasteiger partial charge >= 0.3 is 12.4 Å². The van der Waals surface area contributed by atoms with Crippen molar-refractivity contribution in [3.8, 4) is 11.5 Å². The van der Waals surface area contributed by atoms with E-state index in [1.807, 2.05) is 0 Å². The molecular formula is C35H26F7NO4. The molecule has 0 radical (unpaired) electrons. The predicted octanol–water partition coefficient (Wildman–Crippen LogP) is 9.28. The highest BCUT2D eigenvalue weighted by Crippen LogP contribution is 2.47. The molecule has 0 bridgehead atoms. The molecule has 1 aliphatic rings. The summed E-state index contributed by atoms with van der Waals surface area (Å²) in [6, 6.07) is 16.7. The number of halogens is 7. The SMILES string of the molecule is COc1c(OCc2ccc(C(C)=O)cc2)cccc1C1CC(c2ccc(F)cc2)=CN1C(=O)c1ccc(C(F)(F)F)cc1C(F)(F)F. The van der Waals surface area contributed by atoms with Crippen LogP contribution < -0.4 is 9.47 Å². The van der Waals surface area contributed by atoms with Crippen LogP contribution in [0.15, 0.2) is 91.1 Å². The molecule has 47 heavy (non-hydrogen) atoms. The molecule has 244 valence electrons. The molecular weight excluding hydrogens is 631 g/mol. The first-order chi connectivity index (χ1) is 22.2. The van der Waals surface area contributed by atoms with Crippen molar-refractivity contribution in [1.82, 2.24) is 4.90 Å². The van der Waals surface area contributed by atoms with Crippen LogP contribution in [-0.4, -0.2) is 23.7 Å². The zero-order valence-electron chi connectivity index (χ0n) is 24.9. The second-order valence-electron chi connectivity index (χ2n) is 10.8. The summed E-state index contributed by atoms with van der Waals surface area (Å²) >= 11 is 0. The lowest BCUT2D eigenvalue weighted by molar-refractivity contribution is -0.143. The molecule has 4 aromatic rings. The monoisotopic (exact) mass is 657 g/mol. The molecule has 5 rings (SSSR count). The summed E-state index contributed by atoms with van der Waals surface area (Å²) in [5.74, 6) is -1.41. The summed E-state index contributed by atoms with van der Waals surface area (Å²) < 4.78 is 108. The highest BCUT2D eigenvalue weighted by atomic mass is 19.4. The average Bonchev–Trinajstić information content (AvgIpc) is 3.48. The Labute approximate surface area is 264 Å². The molecule has 0 saturated carbocycles. The van der Waals surface area contributed by atoms with Crippen molar-refractivity contribution in [3.05, 3.63) is 136 Å². The van der Waals surface area contributed by atoms with Gasteiger partial charge in [-0.1, -0.05) is 48.5 Å². The molecule has 0 aliphatic carbocycles. The lowest BCUT2D eigenvalue weighted by Crippen LogP contribution is -2.30. The highest BCUT2D eigenvalue weighted by molar-refractivity contribution is 5.98. The zero-order valence-corrected chi connectivity index (χ0v) is 24.9. The number of ether oxygens (including phenoxy) is 2. The van der Waals surface area contributed by atoms with Crippen molar-refractivity contribution in [2.45, 2.75) is 38.3 Å². The standard InChI is InChI=1S/C35H26F7NO4/c1-20(44)22-8-6-21(7-9-22)19-47-31-5-3-4-28(32(31)46-2)30-16-24(23-10-13-26(36)14-11-23)18-43(30)33(45)27-15-12-25(34(37,38)39)17-29(27)35(40,41)42/h3-15,17-18,30H,16,19H2,1-2H3. The van der Waals surface area contributed by atoms with Crippen LogP contribution in [0.3, 0.4) is 0 Å². The van der Waals surface area contributed by atoms with Gasteiger partial charge in [0.25, 0.3) is 5.91 Å². The maximum absolute atomic E-state index is 14.1. The van der Waals surface area contributed by atoms with Gasteiger partial charge in [-0.15, -0.1) is 0 Å². The van der Waals surface area contributed by atoms with E-state index in [4.69, 9.17) is 9.47 Å². The minimum atomic E-state index is -5.28. The van der Waals surface area contributed by atoms with Gasteiger partial charge in [0.05, 0.1) is 29.8 Å². The van der Waals surface area contributed by atoms with Gasteiger partial charge in [0.1, 0.15) is 12.4 Å². The Bertz CT molecular complexity index is 1830. The number of ketones is 1. The first kappa shape index (κ1) is 33.2. The summed E-state index contributed by atoms with van der Waals surface area (Å²) in [5, 5.41) is 0. The number of hydrogen-bond donors (Lipinski definition) is 0. The van der Waals surface area contributed by atoms with Gasteiger partial charge in [-0.2, -0.15) is 26.3 Å². The van der Waals surface area contributed by atoms with Gasteiger partial charge in [0, 0.05) is 17.3 Å². The smallest absolute Gasteiger partial charge is 0.417 e. The maximum Gasteiger partial charge on any atom is 0.417 e. The topological polar surface area (TPSA) is 55.8 Å². The van der Waals surface area contributed by atoms with E-state index < -0.39 is 46.8 Å². The molecule has 1 atom stereocenters. The molecule has 1 amide bonds. The van der Waals surface area contributed by atoms with E-state index in [2.05, 4.69) is 0 Å². The Balaban J connectivity index is 1.55. The number of rotatable bonds is 8. The number of benzene rings is 4. The van der Waals surface area contributed by atoms with Crippen molar-refractivity contribution in [2.75, 3.05) is 7.11 Å². The van der Waals surface area contributed by atoms with E-state index in [0.717, 1.165) is 10.5 Å². The van der Waals surface area contributed by atoms with E-state index in [9.17, 15) is 40.3 Å². The number of amides is 1. The molecule has 12 heteroatoms. The quantitative estimate of drug-likeness (QED) is 0.140. The van der Waals surface area contributed by atoms with Gasteiger partial charge in [-0.25, -0.2) is 4.39 Å². The van der Waals surface area contributed by atoms with Crippen molar-refractivity contribution < 1.29 is 49.8 Å². The van der Waals surface area contributed by atoms with Crippen molar-refractivity contribution in [1.29, 1.82) is 0 Å². The number of carbonyl (C=O) groups is 2. The molecule has 0 N–H and O–H groups in total. The van der Waals surface area contributed by atoms with E-state index in [1.165, 1.54) is 44.5 Å². The van der Waals surface area contributed by atoms with Gasteiger partial charge in [0.2, 0.25) is 0 Å². The highest BCUT2D eigenvalue weighted by Gasteiger charge is 2.42. The number of hydrogen-bond acceptors (Lipinski definition) is 4. The summed E-state index contributed by atoms with van der Waals surface area (Å²) in [5.41, 5.74) is -1.73. The first-order valence-electron chi connectivity index (χ1n) is 14.1. The summed E-state index contributed by atoms with van der Waals surface area (Å²) in [7, 11) is 1.35. The fourth-order valence-electron chi connectivity index (χ4n) is 5.34. The van der Waals surface area contributed by atoms with Crippen LogP contribution >= 0.6 is 0 Å². The summed E-state index contributed by atoms with van der Waals surface area (Å²) in [6.45, 7) is 1.50. The van der Waals surface area contributed by atoms with Crippen LogP contribution in [0.4, 0.5) is 30.7 Å². The van der Waals surface area contributed by atoms with E-state index in [1.54, 1.807) is 42.5 Å². The molecule has 1 aliphatic heterocycles. The molecule has 0 aromatic heterocycles. The fourth-order valence-corrected chi connectivity index (χ4v) is 5.34. The number of nitrogens with zero attached hydrogens (tertiary/aromatic N) is 1. The summed E-state index contributed by atoms with van der Waals surface area (Å²) in [4.78, 5) is 26.5. The van der Waals surface area contributed by atoms with Crippen molar-refractivity contribution in [3.63, 3.8) is 0 Å². The fraction of sp³-hybridized carbons (Fsp3) is 0.200. The van der Waals surface area contributed by atoms with E-state index in [0.29, 0.717) is 34.4 Å². The van der Waals surface area contributed by atoms with Gasteiger partial charge in [-0.3, -0.25) is 9.59 Å². The third kappa shape index (κ3) is 7.16. The van der Waals surface area contributed by atoms with Crippen LogP contribution in [0.25, 0.3) is 5.57 Å². The lowest BCUT2D eigenvalue weighted by atomic mass is 9.96. The number of methoxy groups -OCH3 is 1. The average molecular weight is 658 g/mol. The van der Waals surface area contributed by atoms with Crippen molar-refractivity contribution >= 4 is 17.3 Å². The van der Waals surface area contributed by atoms with Gasteiger partial charge in [-0.05, 0) is 66.4 Å². The Hall–Kier alpha value is -5.13. The molecule has 1 unspecified atom stereocenters. The zero-order chi connectivity index (χ0) is 34.1. The maximum atomic E-state index is 14.1. The van der Waals surface area contributed by atoms with Crippen LogP contribution in [0, 0.1) is 5.82 Å². The normalized spacial score (nSPS) is 15.0. The Morgan fingerprint density at radius 2 is 1.55 bits per heavy atom. The molecule has 1 heterocycles. The minimum Gasteiger partial charge on any atom is -0.492 e. The predicted molar refractivity (Wildman–Crippen MR) is 158 cm³/mol. The number of alkyl halides is 6. The van der Waals surface area contributed by atoms with Crippen molar-refractivity contribution in [2.24, 2.45) is 0 Å². The molecule has 0 fully saturated rings. The first-order valence-corrected chi connectivity index (χ1v) is 14.1. The minimum absolute atomic E-state index is 0.0473. The second-order valence-corrected chi connectivity index (χ2v) is 10.8. The Morgan fingerprint density at radius 1 is 0.872 bits per heavy atom. The van der Waals surface area contributed by atoms with Gasteiger partial charge in [0.15, 0.2) is 17.3 Å².